The molecule has 0 aromatic heterocycles. The fourth-order valence-electron chi connectivity index (χ4n) is 5.61. The van der Waals surface area contributed by atoms with Crippen LogP contribution >= 0.6 is 0 Å². The topological polar surface area (TPSA) is 98.8 Å². The van der Waals surface area contributed by atoms with Crippen LogP contribution < -0.4 is 10.6 Å². The van der Waals surface area contributed by atoms with Gasteiger partial charge in [0.15, 0.2) is 0 Å². The third-order valence-corrected chi connectivity index (χ3v) is 9.64. The van der Waals surface area contributed by atoms with Gasteiger partial charge in [-0.15, -0.1) is 0 Å². The molecule has 1 aromatic carbocycles. The number of alkyl halides is 1. The van der Waals surface area contributed by atoms with Crippen LogP contribution in [0.4, 0.5) is 4.39 Å². The lowest BCUT2D eigenvalue weighted by molar-refractivity contribution is -0.130. The van der Waals surface area contributed by atoms with Crippen molar-refractivity contribution in [1.29, 1.82) is 0 Å². The second-order valence-electron chi connectivity index (χ2n) is 10.9. The predicted molar refractivity (Wildman–Crippen MR) is 135 cm³/mol. The second kappa shape index (κ2) is 10.5. The number of piperidine rings is 1. The van der Waals surface area contributed by atoms with Crippen LogP contribution in [0.3, 0.4) is 0 Å². The number of carbonyl (C=O) groups excluding carboxylic acids is 2. The van der Waals surface area contributed by atoms with Gasteiger partial charge < -0.3 is 15.5 Å². The largest absolute Gasteiger partial charge is 0.353 e. The van der Waals surface area contributed by atoms with E-state index in [1.165, 1.54) is 24.5 Å². The van der Waals surface area contributed by atoms with Gasteiger partial charge in [-0.2, -0.15) is 0 Å². The summed E-state index contributed by atoms with van der Waals surface area (Å²) in [4.78, 5) is 28.2. The summed E-state index contributed by atoms with van der Waals surface area (Å²) in [6.07, 6.45) is 5.33. The molecule has 4 rings (SSSR count). The van der Waals surface area contributed by atoms with Crippen LogP contribution in [0.25, 0.3) is 0 Å². The van der Waals surface area contributed by atoms with Crippen molar-refractivity contribution in [2.75, 3.05) is 13.1 Å². The molecule has 0 radical (unpaired) electrons. The molecule has 0 unspecified atom stereocenters. The lowest BCUT2D eigenvalue weighted by Gasteiger charge is -2.47. The normalized spacial score (nSPS) is 27.5. The first-order valence-corrected chi connectivity index (χ1v) is 14.2. The van der Waals surface area contributed by atoms with Crippen LogP contribution in [-0.4, -0.2) is 66.8 Å². The Morgan fingerprint density at radius 3 is 2.44 bits per heavy atom. The molecule has 2 amide bonds. The Morgan fingerprint density at radius 1 is 1.14 bits per heavy atom. The number of hydrogen-bond acceptors (Lipinski definition) is 5. The van der Waals surface area contributed by atoms with Crippen LogP contribution in [0.15, 0.2) is 41.6 Å². The molecule has 1 saturated carbocycles. The van der Waals surface area contributed by atoms with E-state index in [1.807, 2.05) is 6.92 Å². The van der Waals surface area contributed by atoms with Gasteiger partial charge in [0.25, 0.3) is 10.0 Å². The van der Waals surface area contributed by atoms with E-state index in [2.05, 4.69) is 29.4 Å². The third-order valence-electron chi connectivity index (χ3n) is 7.84. The Hall–Kier alpha value is -2.46. The highest BCUT2D eigenvalue weighted by molar-refractivity contribution is 7.89. The molecule has 2 heterocycles. The molecule has 0 bridgehead atoms. The monoisotopic (exact) mass is 520 g/mol. The summed E-state index contributed by atoms with van der Waals surface area (Å²) in [6, 6.07) is 5.48. The van der Waals surface area contributed by atoms with Gasteiger partial charge in [-0.25, -0.2) is 12.8 Å². The molecular weight excluding hydrogens is 483 g/mol. The zero-order valence-electron chi connectivity index (χ0n) is 21.2. The Kier molecular flexibility index (Phi) is 7.75. The number of sulfonamides is 1. The van der Waals surface area contributed by atoms with Crippen molar-refractivity contribution >= 4 is 21.8 Å². The number of nitrogens with one attached hydrogen (secondary N) is 2. The van der Waals surface area contributed by atoms with Gasteiger partial charge in [0, 0.05) is 37.6 Å². The molecule has 3 atom stereocenters. The van der Waals surface area contributed by atoms with Crippen LogP contribution in [0.1, 0.15) is 57.9 Å². The quantitative estimate of drug-likeness (QED) is 0.601. The van der Waals surface area contributed by atoms with Crippen molar-refractivity contribution in [2.24, 2.45) is 5.41 Å². The van der Waals surface area contributed by atoms with E-state index in [4.69, 9.17) is 0 Å². The average Bonchev–Trinajstić information content (AvgIpc) is 2.82. The number of carbonyl (C=O) groups is 2. The van der Waals surface area contributed by atoms with E-state index in [0.29, 0.717) is 18.9 Å². The standard InChI is InChI=1S/C26H37FN4O4S/c1-18-4-7-21(8-5-18)36(34,35)31-15-12-28-25(33)22(31)16-24(32)29-23-9-6-20(17-26(23,2)3)30-13-10-19(27)11-14-30/h4-5,7-8,12,15,19-20,22-23H,6,9-11,13-14,16-17H2,1-3H3,(H,28,33)(H,29,32)/t20-,22+,23+/m0/s1. The minimum Gasteiger partial charge on any atom is -0.353 e. The molecule has 2 fully saturated rings. The van der Waals surface area contributed by atoms with Crippen LogP contribution in [0.5, 0.6) is 0 Å². The van der Waals surface area contributed by atoms with E-state index >= 15 is 0 Å². The predicted octanol–water partition coefficient (Wildman–Crippen LogP) is 2.84. The lowest BCUT2D eigenvalue weighted by Crippen LogP contribution is -2.56. The first kappa shape index (κ1) is 26.6. The molecule has 10 heteroatoms. The second-order valence-corrected chi connectivity index (χ2v) is 12.8. The van der Waals surface area contributed by atoms with Gasteiger partial charge >= 0.3 is 0 Å². The molecule has 2 aliphatic heterocycles. The van der Waals surface area contributed by atoms with E-state index < -0.39 is 28.1 Å². The Labute approximate surface area is 213 Å². The van der Waals surface area contributed by atoms with Crippen LogP contribution in [-0.2, 0) is 19.6 Å². The summed E-state index contributed by atoms with van der Waals surface area (Å²) < 4.78 is 41.1. The molecular formula is C26H37FN4O4S. The number of rotatable bonds is 6. The highest BCUT2D eigenvalue weighted by Crippen LogP contribution is 2.39. The Bertz CT molecular complexity index is 1100. The van der Waals surface area contributed by atoms with E-state index in [-0.39, 0.29) is 28.7 Å². The Balaban J connectivity index is 1.41. The average molecular weight is 521 g/mol. The molecule has 198 valence electrons. The summed E-state index contributed by atoms with van der Waals surface area (Å²) in [6.45, 7) is 7.65. The molecule has 1 aliphatic carbocycles. The minimum absolute atomic E-state index is 0.0640. The number of benzene rings is 1. The van der Waals surface area contributed by atoms with Gasteiger partial charge in [0.05, 0.1) is 11.3 Å². The number of amides is 2. The smallest absolute Gasteiger partial charge is 0.264 e. The third kappa shape index (κ3) is 5.75. The molecule has 2 N–H and O–H groups in total. The van der Waals surface area contributed by atoms with Crippen molar-refractivity contribution in [1.82, 2.24) is 19.8 Å². The van der Waals surface area contributed by atoms with E-state index in [0.717, 1.165) is 42.2 Å². The zero-order chi connectivity index (χ0) is 26.1. The van der Waals surface area contributed by atoms with Gasteiger partial charge in [-0.05, 0) is 56.6 Å². The summed E-state index contributed by atoms with van der Waals surface area (Å²) in [5.41, 5.74) is 0.731. The maximum atomic E-state index is 13.6. The van der Waals surface area contributed by atoms with Crippen LogP contribution in [0.2, 0.25) is 0 Å². The van der Waals surface area contributed by atoms with E-state index in [1.54, 1.807) is 12.1 Å². The highest BCUT2D eigenvalue weighted by atomic mass is 32.2. The molecule has 1 saturated heterocycles. The highest BCUT2D eigenvalue weighted by Gasteiger charge is 2.42. The summed E-state index contributed by atoms with van der Waals surface area (Å²) in [5, 5.41) is 5.61. The van der Waals surface area contributed by atoms with Crippen molar-refractivity contribution in [3.8, 4) is 0 Å². The minimum atomic E-state index is -4.01. The maximum absolute atomic E-state index is 13.6. The van der Waals surface area contributed by atoms with Crippen molar-refractivity contribution < 1.29 is 22.4 Å². The van der Waals surface area contributed by atoms with Gasteiger partial charge in [0.2, 0.25) is 11.8 Å². The number of likely N-dealkylation sites (tertiary alicyclic amines) is 1. The fraction of sp³-hybridized carbons (Fsp3) is 0.615. The molecule has 8 nitrogen and oxygen atoms in total. The number of halogens is 1. The molecule has 0 spiro atoms. The van der Waals surface area contributed by atoms with Gasteiger partial charge in [-0.3, -0.25) is 13.9 Å². The Morgan fingerprint density at radius 2 is 1.81 bits per heavy atom. The molecule has 3 aliphatic rings. The van der Waals surface area contributed by atoms with Crippen molar-refractivity contribution in [3.63, 3.8) is 0 Å². The molecule has 36 heavy (non-hydrogen) atoms. The first-order valence-electron chi connectivity index (χ1n) is 12.7. The number of nitrogens with zero attached hydrogens (tertiary/aromatic N) is 2. The van der Waals surface area contributed by atoms with Crippen LogP contribution in [0, 0.1) is 12.3 Å². The zero-order valence-corrected chi connectivity index (χ0v) is 22.1. The van der Waals surface area contributed by atoms with E-state index in [9.17, 15) is 22.4 Å². The summed E-state index contributed by atoms with van der Waals surface area (Å²) in [5.74, 6) is -0.896. The van der Waals surface area contributed by atoms with Gasteiger partial charge in [-0.1, -0.05) is 31.5 Å². The summed E-state index contributed by atoms with van der Waals surface area (Å²) >= 11 is 0. The number of hydrogen-bond donors (Lipinski definition) is 2. The maximum Gasteiger partial charge on any atom is 0.264 e. The van der Waals surface area contributed by atoms with Gasteiger partial charge in [0.1, 0.15) is 12.2 Å². The summed E-state index contributed by atoms with van der Waals surface area (Å²) in [7, 11) is -4.01. The molecule has 1 aromatic rings. The first-order chi connectivity index (χ1) is 17.0. The SMILES string of the molecule is Cc1ccc(S(=O)(=O)N2C=CNC(=O)[C@H]2CC(=O)N[C@@H]2CC[C@H](N3CCC(F)CC3)CC2(C)C)cc1. The van der Waals surface area contributed by atoms with Crippen molar-refractivity contribution in [3.05, 3.63) is 42.2 Å². The number of aryl methyl sites for hydroxylation is 1. The van der Waals surface area contributed by atoms with Crippen molar-refractivity contribution in [2.45, 2.75) is 88.5 Å². The lowest BCUT2D eigenvalue weighted by atomic mass is 9.70. The fourth-order valence-corrected chi connectivity index (χ4v) is 7.06.